The Bertz CT molecular complexity index is 282. The summed E-state index contributed by atoms with van der Waals surface area (Å²) in [6, 6.07) is 0. The van der Waals surface area contributed by atoms with Gasteiger partial charge in [0.2, 0.25) is 5.91 Å². The van der Waals surface area contributed by atoms with E-state index in [0.29, 0.717) is 19.5 Å². The standard InChI is InChI=1S/C7H13N5O/c1-9-4-6-5-12(11-10-6)3-2-7(8)13/h5,9H,2-4H2,1H3,(H2,8,13). The summed E-state index contributed by atoms with van der Waals surface area (Å²) in [6.07, 6.45) is 2.09. The molecule has 0 spiro atoms. The molecule has 1 aromatic heterocycles. The summed E-state index contributed by atoms with van der Waals surface area (Å²) in [7, 11) is 1.84. The molecule has 1 heterocycles. The number of aromatic nitrogens is 3. The fourth-order valence-electron chi connectivity index (χ4n) is 0.935. The van der Waals surface area contributed by atoms with Gasteiger partial charge in [-0.15, -0.1) is 5.10 Å². The molecule has 0 saturated heterocycles. The van der Waals surface area contributed by atoms with Crippen molar-refractivity contribution >= 4 is 5.91 Å². The van der Waals surface area contributed by atoms with Crippen LogP contribution in [0.1, 0.15) is 12.1 Å². The van der Waals surface area contributed by atoms with E-state index < -0.39 is 0 Å². The Hall–Kier alpha value is -1.43. The lowest BCUT2D eigenvalue weighted by atomic mass is 10.4. The van der Waals surface area contributed by atoms with E-state index >= 15 is 0 Å². The smallest absolute Gasteiger partial charge is 0.219 e. The Morgan fingerprint density at radius 2 is 2.54 bits per heavy atom. The predicted molar refractivity (Wildman–Crippen MR) is 46.6 cm³/mol. The molecule has 0 aliphatic carbocycles. The fraction of sp³-hybridized carbons (Fsp3) is 0.571. The van der Waals surface area contributed by atoms with Gasteiger partial charge < -0.3 is 11.1 Å². The van der Waals surface area contributed by atoms with Gasteiger partial charge in [-0.05, 0) is 7.05 Å². The Kier molecular flexibility index (Phi) is 3.39. The molecule has 0 atom stereocenters. The van der Waals surface area contributed by atoms with Crippen molar-refractivity contribution in [2.24, 2.45) is 5.73 Å². The highest BCUT2D eigenvalue weighted by Gasteiger charge is 2.00. The van der Waals surface area contributed by atoms with Gasteiger partial charge >= 0.3 is 0 Å². The number of nitrogens with two attached hydrogens (primary N) is 1. The highest BCUT2D eigenvalue weighted by atomic mass is 16.1. The Labute approximate surface area is 76.1 Å². The van der Waals surface area contributed by atoms with Gasteiger partial charge in [0.25, 0.3) is 0 Å². The van der Waals surface area contributed by atoms with Crippen LogP contribution in [0.4, 0.5) is 0 Å². The maximum absolute atomic E-state index is 10.5. The van der Waals surface area contributed by atoms with E-state index in [-0.39, 0.29) is 5.91 Å². The molecule has 6 nitrogen and oxygen atoms in total. The van der Waals surface area contributed by atoms with Gasteiger partial charge in [0.05, 0.1) is 12.2 Å². The van der Waals surface area contributed by atoms with E-state index in [1.165, 1.54) is 0 Å². The molecular formula is C7H13N5O. The molecule has 1 aromatic rings. The molecule has 3 N–H and O–H groups in total. The highest BCUT2D eigenvalue weighted by molar-refractivity contribution is 5.73. The zero-order chi connectivity index (χ0) is 9.68. The molecule has 6 heteroatoms. The number of carbonyl (C=O) groups excluding carboxylic acids is 1. The third kappa shape index (κ3) is 3.20. The lowest BCUT2D eigenvalue weighted by Gasteiger charge is -1.95. The van der Waals surface area contributed by atoms with Crippen molar-refractivity contribution in [3.8, 4) is 0 Å². The summed E-state index contributed by atoms with van der Waals surface area (Å²) >= 11 is 0. The average molecular weight is 183 g/mol. The van der Waals surface area contributed by atoms with Gasteiger partial charge in [0.1, 0.15) is 0 Å². The van der Waals surface area contributed by atoms with Crippen molar-refractivity contribution in [1.82, 2.24) is 20.3 Å². The molecule has 0 aromatic carbocycles. The van der Waals surface area contributed by atoms with Gasteiger partial charge in [-0.3, -0.25) is 9.48 Å². The monoisotopic (exact) mass is 183 g/mol. The van der Waals surface area contributed by atoms with E-state index in [1.54, 1.807) is 10.9 Å². The van der Waals surface area contributed by atoms with Crippen LogP contribution in [-0.4, -0.2) is 27.9 Å². The molecule has 0 saturated carbocycles. The van der Waals surface area contributed by atoms with Gasteiger partial charge in [-0.2, -0.15) is 0 Å². The SMILES string of the molecule is CNCc1cn(CCC(N)=O)nn1. The summed E-state index contributed by atoms with van der Waals surface area (Å²) < 4.78 is 1.61. The lowest BCUT2D eigenvalue weighted by Crippen LogP contribution is -2.14. The second kappa shape index (κ2) is 4.56. The molecule has 1 rings (SSSR count). The zero-order valence-corrected chi connectivity index (χ0v) is 7.53. The van der Waals surface area contributed by atoms with Crippen LogP contribution < -0.4 is 11.1 Å². The minimum absolute atomic E-state index is 0.294. The lowest BCUT2D eigenvalue weighted by molar-refractivity contribution is -0.118. The summed E-state index contributed by atoms with van der Waals surface area (Å²) in [5.41, 5.74) is 5.85. The zero-order valence-electron chi connectivity index (χ0n) is 7.53. The Morgan fingerprint density at radius 1 is 1.77 bits per heavy atom. The molecule has 0 bridgehead atoms. The minimum Gasteiger partial charge on any atom is -0.370 e. The third-order valence-electron chi connectivity index (χ3n) is 1.53. The first-order chi connectivity index (χ1) is 6.22. The Balaban J connectivity index is 2.44. The van der Waals surface area contributed by atoms with E-state index in [0.717, 1.165) is 5.69 Å². The number of nitrogens with one attached hydrogen (secondary N) is 1. The van der Waals surface area contributed by atoms with Crippen LogP contribution >= 0.6 is 0 Å². The number of amides is 1. The number of aryl methyl sites for hydroxylation is 1. The maximum Gasteiger partial charge on any atom is 0.219 e. The van der Waals surface area contributed by atoms with E-state index in [4.69, 9.17) is 5.73 Å². The number of primary amides is 1. The van der Waals surface area contributed by atoms with Crippen molar-refractivity contribution < 1.29 is 4.79 Å². The molecule has 0 fully saturated rings. The van der Waals surface area contributed by atoms with Crippen LogP contribution in [0.15, 0.2) is 6.20 Å². The van der Waals surface area contributed by atoms with Crippen molar-refractivity contribution in [1.29, 1.82) is 0 Å². The first-order valence-electron chi connectivity index (χ1n) is 4.04. The maximum atomic E-state index is 10.5. The average Bonchev–Trinajstić information content (AvgIpc) is 2.50. The van der Waals surface area contributed by atoms with Crippen LogP contribution in [0.25, 0.3) is 0 Å². The van der Waals surface area contributed by atoms with Crippen molar-refractivity contribution in [3.05, 3.63) is 11.9 Å². The number of hydrogen-bond acceptors (Lipinski definition) is 4. The summed E-state index contributed by atoms with van der Waals surface area (Å²) in [5.74, 6) is -0.328. The van der Waals surface area contributed by atoms with Crippen molar-refractivity contribution in [2.45, 2.75) is 19.5 Å². The quantitative estimate of drug-likeness (QED) is 0.605. The first-order valence-corrected chi connectivity index (χ1v) is 4.04. The molecule has 0 unspecified atom stereocenters. The largest absolute Gasteiger partial charge is 0.370 e. The number of rotatable bonds is 5. The van der Waals surface area contributed by atoms with Gasteiger partial charge in [0, 0.05) is 19.2 Å². The van der Waals surface area contributed by atoms with Crippen LogP contribution in [0.5, 0.6) is 0 Å². The molecular weight excluding hydrogens is 170 g/mol. The molecule has 72 valence electrons. The summed E-state index contributed by atoms with van der Waals surface area (Å²) in [6.45, 7) is 1.17. The van der Waals surface area contributed by atoms with Gasteiger partial charge in [0.15, 0.2) is 0 Å². The molecule has 0 radical (unpaired) electrons. The topological polar surface area (TPSA) is 85.8 Å². The first kappa shape index (κ1) is 9.66. The molecule has 13 heavy (non-hydrogen) atoms. The van der Waals surface area contributed by atoms with Crippen molar-refractivity contribution in [3.63, 3.8) is 0 Å². The number of hydrogen-bond donors (Lipinski definition) is 2. The minimum atomic E-state index is -0.328. The van der Waals surface area contributed by atoms with Crippen LogP contribution in [0.3, 0.4) is 0 Å². The molecule has 1 amide bonds. The second-order valence-electron chi connectivity index (χ2n) is 2.72. The normalized spacial score (nSPS) is 10.2. The van der Waals surface area contributed by atoms with E-state index in [9.17, 15) is 4.79 Å². The van der Waals surface area contributed by atoms with Crippen LogP contribution in [0, 0.1) is 0 Å². The predicted octanol–water partition coefficient (Wildman–Crippen LogP) is -1.13. The summed E-state index contributed by atoms with van der Waals surface area (Å²) in [4.78, 5) is 10.5. The molecule has 0 aliphatic heterocycles. The van der Waals surface area contributed by atoms with Crippen LogP contribution in [-0.2, 0) is 17.9 Å². The van der Waals surface area contributed by atoms with Crippen LogP contribution in [0.2, 0.25) is 0 Å². The van der Waals surface area contributed by atoms with Gasteiger partial charge in [-0.25, -0.2) is 0 Å². The summed E-state index contributed by atoms with van der Waals surface area (Å²) in [5, 5.41) is 10.7. The van der Waals surface area contributed by atoms with Gasteiger partial charge in [-0.1, -0.05) is 5.21 Å². The third-order valence-corrected chi connectivity index (χ3v) is 1.53. The molecule has 0 aliphatic rings. The second-order valence-corrected chi connectivity index (χ2v) is 2.72. The van der Waals surface area contributed by atoms with E-state index in [1.807, 2.05) is 7.05 Å². The highest BCUT2D eigenvalue weighted by Crippen LogP contribution is 1.93. The van der Waals surface area contributed by atoms with E-state index in [2.05, 4.69) is 15.6 Å². The number of nitrogens with zero attached hydrogens (tertiary/aromatic N) is 3. The number of carbonyl (C=O) groups is 1. The Morgan fingerprint density at radius 3 is 3.15 bits per heavy atom. The fourth-order valence-corrected chi connectivity index (χ4v) is 0.935. The van der Waals surface area contributed by atoms with Crippen molar-refractivity contribution in [2.75, 3.05) is 7.05 Å².